The number of hydrogen-bond donors (Lipinski definition) is 3. The van der Waals surface area contributed by atoms with Gasteiger partial charge in [-0.05, 0) is 35.0 Å². The number of phenolic OH excluding ortho intramolecular Hbond substituents is 1. The first-order valence-corrected chi connectivity index (χ1v) is 7.12. The van der Waals surface area contributed by atoms with Crippen molar-refractivity contribution in [1.82, 2.24) is 0 Å². The monoisotopic (exact) mass is 323 g/mol. The van der Waals surface area contributed by atoms with Crippen LogP contribution in [-0.2, 0) is 0 Å². The molecule has 0 unspecified atom stereocenters. The number of rotatable bonds is 2. The van der Waals surface area contributed by atoms with Crippen molar-refractivity contribution in [3.63, 3.8) is 0 Å². The molecule has 6 heteroatoms. The van der Waals surface area contributed by atoms with Crippen LogP contribution in [0.25, 0.3) is 21.9 Å². The number of phenols is 1. The highest BCUT2D eigenvalue weighted by atomic mass is 19.1. The summed E-state index contributed by atoms with van der Waals surface area (Å²) in [6, 6.07) is 14.1. The average molecular weight is 323 g/mol. The topological polar surface area (TPSA) is 102 Å². The minimum Gasteiger partial charge on any atom is -0.507 e. The van der Waals surface area contributed by atoms with Crippen LogP contribution in [0.5, 0.6) is 5.75 Å². The lowest BCUT2D eigenvalue weighted by molar-refractivity contribution is 0.100. The number of nitrogens with zero attached hydrogens (tertiary/aromatic N) is 1. The summed E-state index contributed by atoms with van der Waals surface area (Å²) >= 11 is 0. The molecule has 0 aromatic heterocycles. The zero-order valence-electron chi connectivity index (χ0n) is 12.5. The summed E-state index contributed by atoms with van der Waals surface area (Å²) in [5.41, 5.74) is 11.2. The smallest absolute Gasteiger partial charge is 0.280 e. The Morgan fingerprint density at radius 1 is 1.04 bits per heavy atom. The Kier molecular flexibility index (Phi) is 3.87. The first kappa shape index (κ1) is 15.5. The normalized spacial score (nSPS) is 10.5. The Morgan fingerprint density at radius 2 is 1.75 bits per heavy atom. The summed E-state index contributed by atoms with van der Waals surface area (Å²) in [6.45, 7) is 0. The van der Waals surface area contributed by atoms with Gasteiger partial charge in [0.1, 0.15) is 11.6 Å². The number of fused-ring (bicyclic) bond motifs is 1. The zero-order valence-corrected chi connectivity index (χ0v) is 12.5. The fraction of sp³-hybridized carbons (Fsp3) is 0. The third-order valence-corrected chi connectivity index (χ3v) is 3.62. The van der Waals surface area contributed by atoms with Crippen LogP contribution in [0.4, 0.5) is 4.39 Å². The van der Waals surface area contributed by atoms with Gasteiger partial charge in [0.05, 0.1) is 0 Å². The standard InChI is InChI=1S/C18H14FN3O2/c19-14-8-7-10-5-6-11(17(24)22-18(20)21)9-13(10)16(14)12-3-1-2-4-15(12)23/h1-9,23H,(H4,20,21,22,24). The van der Waals surface area contributed by atoms with Gasteiger partial charge >= 0.3 is 0 Å². The van der Waals surface area contributed by atoms with Crippen molar-refractivity contribution in [1.29, 1.82) is 0 Å². The van der Waals surface area contributed by atoms with E-state index >= 15 is 0 Å². The van der Waals surface area contributed by atoms with Gasteiger partial charge in [0.15, 0.2) is 5.96 Å². The van der Waals surface area contributed by atoms with Crippen LogP contribution in [0.1, 0.15) is 10.4 Å². The second-order valence-electron chi connectivity index (χ2n) is 5.22. The minimum absolute atomic E-state index is 0.0511. The maximum absolute atomic E-state index is 14.5. The van der Waals surface area contributed by atoms with Crippen molar-refractivity contribution in [3.8, 4) is 16.9 Å². The molecule has 5 N–H and O–H groups in total. The second-order valence-corrected chi connectivity index (χ2v) is 5.22. The van der Waals surface area contributed by atoms with E-state index in [0.29, 0.717) is 10.9 Å². The van der Waals surface area contributed by atoms with Crippen molar-refractivity contribution < 1.29 is 14.3 Å². The Bertz CT molecular complexity index is 979. The van der Waals surface area contributed by atoms with E-state index in [1.807, 2.05) is 0 Å². The number of aromatic hydroxyl groups is 1. The second kappa shape index (κ2) is 6.00. The fourth-order valence-electron chi connectivity index (χ4n) is 2.57. The van der Waals surface area contributed by atoms with Gasteiger partial charge < -0.3 is 16.6 Å². The number of amides is 1. The van der Waals surface area contributed by atoms with Crippen LogP contribution in [-0.4, -0.2) is 17.0 Å². The maximum Gasteiger partial charge on any atom is 0.280 e. The van der Waals surface area contributed by atoms with Crippen molar-refractivity contribution in [2.45, 2.75) is 0 Å². The van der Waals surface area contributed by atoms with E-state index in [-0.39, 0.29) is 22.8 Å². The average Bonchev–Trinajstić information content (AvgIpc) is 2.54. The van der Waals surface area contributed by atoms with E-state index in [2.05, 4.69) is 4.99 Å². The van der Waals surface area contributed by atoms with Crippen molar-refractivity contribution in [2.24, 2.45) is 16.5 Å². The summed E-state index contributed by atoms with van der Waals surface area (Å²) in [6.07, 6.45) is 0. The molecule has 0 aliphatic carbocycles. The van der Waals surface area contributed by atoms with E-state index in [1.165, 1.54) is 18.2 Å². The van der Waals surface area contributed by atoms with E-state index in [4.69, 9.17) is 11.5 Å². The molecule has 0 bridgehead atoms. The molecule has 0 saturated heterocycles. The number of aliphatic imine (C=N–C) groups is 1. The number of hydrogen-bond acceptors (Lipinski definition) is 2. The Labute approximate surface area is 137 Å². The molecule has 3 rings (SSSR count). The van der Waals surface area contributed by atoms with Crippen LogP contribution >= 0.6 is 0 Å². The first-order valence-electron chi connectivity index (χ1n) is 7.12. The number of para-hydroxylation sites is 1. The number of benzene rings is 3. The Hall–Kier alpha value is -3.41. The van der Waals surface area contributed by atoms with E-state index in [1.54, 1.807) is 36.4 Å². The van der Waals surface area contributed by atoms with Gasteiger partial charge in [-0.3, -0.25) is 4.79 Å². The predicted molar refractivity (Wildman–Crippen MR) is 91.1 cm³/mol. The van der Waals surface area contributed by atoms with E-state index in [9.17, 15) is 14.3 Å². The lowest BCUT2D eigenvalue weighted by Crippen LogP contribution is -2.24. The molecule has 0 atom stereocenters. The van der Waals surface area contributed by atoms with Crippen molar-refractivity contribution >= 4 is 22.6 Å². The molecule has 0 heterocycles. The number of nitrogens with two attached hydrogens (primary N) is 2. The molecule has 0 aliphatic rings. The van der Waals surface area contributed by atoms with Crippen LogP contribution in [0.3, 0.4) is 0 Å². The van der Waals surface area contributed by atoms with Crippen LogP contribution in [0, 0.1) is 5.82 Å². The lowest BCUT2D eigenvalue weighted by atomic mass is 9.95. The van der Waals surface area contributed by atoms with Gasteiger partial charge in [0.2, 0.25) is 0 Å². The predicted octanol–water partition coefficient (Wildman–Crippen LogP) is 2.77. The molecule has 3 aromatic carbocycles. The van der Waals surface area contributed by atoms with Gasteiger partial charge in [-0.1, -0.05) is 30.3 Å². The third kappa shape index (κ3) is 2.77. The summed E-state index contributed by atoms with van der Waals surface area (Å²) in [5.74, 6) is -1.52. The molecule has 0 fully saturated rings. The summed E-state index contributed by atoms with van der Waals surface area (Å²) < 4.78 is 14.5. The van der Waals surface area contributed by atoms with E-state index < -0.39 is 11.7 Å². The Balaban J connectivity index is 2.29. The van der Waals surface area contributed by atoms with Crippen LogP contribution < -0.4 is 11.5 Å². The van der Waals surface area contributed by atoms with Crippen molar-refractivity contribution in [2.75, 3.05) is 0 Å². The number of carbonyl (C=O) groups is 1. The molecular formula is C18H14FN3O2. The molecule has 1 amide bonds. The fourth-order valence-corrected chi connectivity index (χ4v) is 2.57. The third-order valence-electron chi connectivity index (χ3n) is 3.62. The van der Waals surface area contributed by atoms with Gasteiger partial charge in [-0.25, -0.2) is 4.39 Å². The maximum atomic E-state index is 14.5. The molecule has 3 aromatic rings. The molecule has 0 spiro atoms. The van der Waals surface area contributed by atoms with Gasteiger partial charge in [-0.2, -0.15) is 4.99 Å². The van der Waals surface area contributed by atoms with Gasteiger partial charge in [-0.15, -0.1) is 0 Å². The largest absolute Gasteiger partial charge is 0.507 e. The molecule has 24 heavy (non-hydrogen) atoms. The van der Waals surface area contributed by atoms with Crippen LogP contribution in [0.2, 0.25) is 0 Å². The highest BCUT2D eigenvalue weighted by Gasteiger charge is 2.15. The highest BCUT2D eigenvalue weighted by Crippen LogP contribution is 2.36. The lowest BCUT2D eigenvalue weighted by Gasteiger charge is -2.11. The number of carbonyl (C=O) groups excluding carboxylic acids is 1. The Morgan fingerprint density at radius 3 is 2.46 bits per heavy atom. The summed E-state index contributed by atoms with van der Waals surface area (Å²) in [7, 11) is 0. The molecule has 120 valence electrons. The van der Waals surface area contributed by atoms with Gasteiger partial charge in [0, 0.05) is 16.7 Å². The molecular weight excluding hydrogens is 309 g/mol. The van der Waals surface area contributed by atoms with E-state index in [0.717, 1.165) is 5.39 Å². The molecule has 5 nitrogen and oxygen atoms in total. The summed E-state index contributed by atoms with van der Waals surface area (Å²) in [5, 5.41) is 11.3. The minimum atomic E-state index is -0.621. The van der Waals surface area contributed by atoms with Crippen LogP contribution in [0.15, 0.2) is 59.6 Å². The number of guanidine groups is 1. The molecule has 0 aliphatic heterocycles. The van der Waals surface area contributed by atoms with Crippen molar-refractivity contribution in [3.05, 3.63) is 66.0 Å². The zero-order chi connectivity index (χ0) is 17.3. The number of halogens is 1. The summed E-state index contributed by atoms with van der Waals surface area (Å²) in [4.78, 5) is 15.5. The SMILES string of the molecule is NC(N)=NC(=O)c1ccc2ccc(F)c(-c3ccccc3O)c2c1. The molecule has 0 saturated carbocycles. The molecule has 0 radical (unpaired) electrons. The van der Waals surface area contributed by atoms with Gasteiger partial charge in [0.25, 0.3) is 5.91 Å². The quantitative estimate of drug-likeness (QED) is 0.498. The highest BCUT2D eigenvalue weighted by molar-refractivity contribution is 6.06. The first-order chi connectivity index (χ1) is 11.5.